The molecular formula is C11H23NO. The summed E-state index contributed by atoms with van der Waals surface area (Å²) in [4.78, 5) is 0. The minimum atomic E-state index is -0.158. The van der Waals surface area contributed by atoms with Crippen LogP contribution in [0.2, 0.25) is 0 Å². The van der Waals surface area contributed by atoms with Crippen molar-refractivity contribution >= 4 is 0 Å². The molecule has 0 aromatic rings. The fourth-order valence-corrected chi connectivity index (χ4v) is 2.12. The third-order valence-corrected chi connectivity index (χ3v) is 3.10. The summed E-state index contributed by atoms with van der Waals surface area (Å²) in [5.74, 6) is 2.58. The standard InChI is InChI=1S/C11H23NO/c1-8(4-10-6-9(10)2)5-11(13)7-12-3/h8-13H,4-7H2,1-3H3/t8?,9-,10?,11+/m0/s1. The van der Waals surface area contributed by atoms with Crippen LogP contribution in [0.15, 0.2) is 0 Å². The number of likely N-dealkylation sites (N-methyl/N-ethyl adjacent to an activating group) is 1. The van der Waals surface area contributed by atoms with Gasteiger partial charge in [-0.1, -0.05) is 13.8 Å². The Kier molecular flexibility index (Phi) is 4.20. The number of hydrogen-bond donors (Lipinski definition) is 2. The molecule has 13 heavy (non-hydrogen) atoms. The zero-order valence-corrected chi connectivity index (χ0v) is 9.09. The van der Waals surface area contributed by atoms with Gasteiger partial charge in [-0.15, -0.1) is 0 Å². The van der Waals surface area contributed by atoms with Crippen molar-refractivity contribution in [3.8, 4) is 0 Å². The van der Waals surface area contributed by atoms with Crippen molar-refractivity contribution in [1.29, 1.82) is 0 Å². The van der Waals surface area contributed by atoms with Crippen LogP contribution < -0.4 is 5.32 Å². The van der Waals surface area contributed by atoms with Crippen molar-refractivity contribution < 1.29 is 5.11 Å². The van der Waals surface area contributed by atoms with Gasteiger partial charge in [-0.25, -0.2) is 0 Å². The molecule has 1 aliphatic carbocycles. The highest BCUT2D eigenvalue weighted by molar-refractivity contribution is 4.84. The van der Waals surface area contributed by atoms with Gasteiger partial charge in [-0.2, -0.15) is 0 Å². The third kappa shape index (κ3) is 4.10. The third-order valence-electron chi connectivity index (χ3n) is 3.10. The molecule has 4 atom stereocenters. The molecule has 1 fully saturated rings. The molecule has 0 saturated heterocycles. The van der Waals surface area contributed by atoms with E-state index >= 15 is 0 Å². The van der Waals surface area contributed by atoms with Crippen LogP contribution in [0.3, 0.4) is 0 Å². The van der Waals surface area contributed by atoms with Gasteiger partial charge >= 0.3 is 0 Å². The summed E-state index contributed by atoms with van der Waals surface area (Å²) in [6.07, 6.45) is 3.51. The molecule has 0 amide bonds. The number of nitrogens with one attached hydrogen (secondary N) is 1. The maximum Gasteiger partial charge on any atom is 0.0667 e. The molecule has 78 valence electrons. The Morgan fingerprint density at radius 2 is 2.15 bits per heavy atom. The van der Waals surface area contributed by atoms with Crippen molar-refractivity contribution in [2.24, 2.45) is 17.8 Å². The van der Waals surface area contributed by atoms with Crippen LogP contribution in [0, 0.1) is 17.8 Å². The maximum atomic E-state index is 9.56. The van der Waals surface area contributed by atoms with Crippen LogP contribution in [0.5, 0.6) is 0 Å². The first kappa shape index (κ1) is 11.0. The van der Waals surface area contributed by atoms with Crippen LogP contribution in [0.25, 0.3) is 0 Å². The topological polar surface area (TPSA) is 32.3 Å². The van der Waals surface area contributed by atoms with Gasteiger partial charge in [0, 0.05) is 6.54 Å². The molecule has 2 unspecified atom stereocenters. The second kappa shape index (κ2) is 4.97. The van der Waals surface area contributed by atoms with Crippen molar-refractivity contribution in [3.63, 3.8) is 0 Å². The highest BCUT2D eigenvalue weighted by Crippen LogP contribution is 2.43. The molecule has 0 radical (unpaired) electrons. The summed E-state index contributed by atoms with van der Waals surface area (Å²) in [6, 6.07) is 0. The monoisotopic (exact) mass is 185 g/mol. The number of rotatable bonds is 6. The Labute approximate surface area is 81.7 Å². The fraction of sp³-hybridized carbons (Fsp3) is 1.00. The average Bonchev–Trinajstić information content (AvgIpc) is 2.65. The normalized spacial score (nSPS) is 31.4. The van der Waals surface area contributed by atoms with E-state index in [0.717, 1.165) is 24.8 Å². The van der Waals surface area contributed by atoms with Crippen LogP contribution in [0.4, 0.5) is 0 Å². The molecule has 2 heteroatoms. The minimum Gasteiger partial charge on any atom is -0.392 e. The average molecular weight is 185 g/mol. The molecule has 2 nitrogen and oxygen atoms in total. The fourth-order valence-electron chi connectivity index (χ4n) is 2.12. The summed E-state index contributed by atoms with van der Waals surface area (Å²) >= 11 is 0. The van der Waals surface area contributed by atoms with E-state index in [1.807, 2.05) is 7.05 Å². The molecule has 1 rings (SSSR count). The van der Waals surface area contributed by atoms with Gasteiger partial charge < -0.3 is 10.4 Å². The van der Waals surface area contributed by atoms with E-state index in [0.29, 0.717) is 5.92 Å². The lowest BCUT2D eigenvalue weighted by Crippen LogP contribution is -2.25. The van der Waals surface area contributed by atoms with Gasteiger partial charge in [0.25, 0.3) is 0 Å². The Bertz CT molecular complexity index is 149. The van der Waals surface area contributed by atoms with Gasteiger partial charge in [0.05, 0.1) is 6.10 Å². The van der Waals surface area contributed by atoms with Gasteiger partial charge in [0.15, 0.2) is 0 Å². The van der Waals surface area contributed by atoms with Crippen molar-refractivity contribution in [2.75, 3.05) is 13.6 Å². The molecule has 0 heterocycles. The van der Waals surface area contributed by atoms with Crippen LogP contribution in [0.1, 0.15) is 33.1 Å². The molecule has 2 N–H and O–H groups in total. The first-order valence-corrected chi connectivity index (χ1v) is 5.46. The van der Waals surface area contributed by atoms with Crippen LogP contribution in [-0.4, -0.2) is 24.8 Å². The lowest BCUT2D eigenvalue weighted by Gasteiger charge is -2.15. The lowest BCUT2D eigenvalue weighted by molar-refractivity contribution is 0.142. The second-order valence-electron chi connectivity index (χ2n) is 4.76. The molecule has 0 bridgehead atoms. The van der Waals surface area contributed by atoms with E-state index in [-0.39, 0.29) is 6.10 Å². The van der Waals surface area contributed by atoms with E-state index in [2.05, 4.69) is 19.2 Å². The quantitative estimate of drug-likeness (QED) is 0.659. The van der Waals surface area contributed by atoms with E-state index in [4.69, 9.17) is 0 Å². The predicted octanol–water partition coefficient (Wildman–Crippen LogP) is 1.64. The summed E-state index contributed by atoms with van der Waals surface area (Å²) in [5, 5.41) is 12.6. The van der Waals surface area contributed by atoms with Crippen LogP contribution >= 0.6 is 0 Å². The second-order valence-corrected chi connectivity index (χ2v) is 4.76. The van der Waals surface area contributed by atoms with Crippen LogP contribution in [-0.2, 0) is 0 Å². The molecule has 1 aliphatic rings. The number of aliphatic hydroxyl groups is 1. The largest absolute Gasteiger partial charge is 0.392 e. The van der Waals surface area contributed by atoms with Gasteiger partial charge in [0.2, 0.25) is 0 Å². The summed E-state index contributed by atoms with van der Waals surface area (Å²) < 4.78 is 0. The zero-order valence-electron chi connectivity index (χ0n) is 9.09. The smallest absolute Gasteiger partial charge is 0.0667 e. The van der Waals surface area contributed by atoms with Gasteiger partial charge in [0.1, 0.15) is 0 Å². The predicted molar refractivity (Wildman–Crippen MR) is 55.6 cm³/mol. The Hall–Kier alpha value is -0.0800. The highest BCUT2D eigenvalue weighted by atomic mass is 16.3. The highest BCUT2D eigenvalue weighted by Gasteiger charge is 2.33. The number of hydrogen-bond acceptors (Lipinski definition) is 2. The summed E-state index contributed by atoms with van der Waals surface area (Å²) in [5.41, 5.74) is 0. The maximum absolute atomic E-state index is 9.56. The molecule has 0 spiro atoms. The van der Waals surface area contributed by atoms with Crippen molar-refractivity contribution in [2.45, 2.75) is 39.2 Å². The van der Waals surface area contributed by atoms with Crippen molar-refractivity contribution in [1.82, 2.24) is 5.32 Å². The first-order valence-electron chi connectivity index (χ1n) is 5.46. The molecule has 0 aromatic carbocycles. The summed E-state index contributed by atoms with van der Waals surface area (Å²) in [6.45, 7) is 5.30. The molecule has 0 aliphatic heterocycles. The van der Waals surface area contributed by atoms with E-state index in [1.165, 1.54) is 12.8 Å². The zero-order chi connectivity index (χ0) is 9.84. The molecular weight excluding hydrogens is 162 g/mol. The van der Waals surface area contributed by atoms with Gasteiger partial charge in [-0.05, 0) is 44.1 Å². The minimum absolute atomic E-state index is 0.158. The first-order chi connectivity index (χ1) is 6.13. The Morgan fingerprint density at radius 3 is 2.62 bits per heavy atom. The van der Waals surface area contributed by atoms with Gasteiger partial charge in [-0.3, -0.25) is 0 Å². The van der Waals surface area contributed by atoms with Crippen molar-refractivity contribution in [3.05, 3.63) is 0 Å². The van der Waals surface area contributed by atoms with E-state index in [9.17, 15) is 5.11 Å². The molecule has 0 aromatic heterocycles. The SMILES string of the molecule is CNC[C@H](O)CC(C)CC1C[C@@H]1C. The molecule has 1 saturated carbocycles. The Balaban J connectivity index is 2.06. The Morgan fingerprint density at radius 1 is 1.54 bits per heavy atom. The number of aliphatic hydroxyl groups excluding tert-OH is 1. The lowest BCUT2D eigenvalue weighted by atomic mass is 9.97. The summed E-state index contributed by atoms with van der Waals surface area (Å²) in [7, 11) is 1.89. The van der Waals surface area contributed by atoms with E-state index in [1.54, 1.807) is 0 Å². The van der Waals surface area contributed by atoms with E-state index < -0.39 is 0 Å².